The van der Waals surface area contributed by atoms with E-state index in [1.54, 1.807) is 20.8 Å². The summed E-state index contributed by atoms with van der Waals surface area (Å²) in [6.07, 6.45) is -0.601. The molecule has 0 aliphatic heterocycles. The predicted octanol–water partition coefficient (Wildman–Crippen LogP) is 2.63. The number of aliphatic imine (C=N–C) groups is 1. The second-order valence-electron chi connectivity index (χ2n) is 4.96. The van der Waals surface area contributed by atoms with Crippen molar-refractivity contribution >= 4 is 34.6 Å². The van der Waals surface area contributed by atoms with Crippen molar-refractivity contribution in [2.45, 2.75) is 32.9 Å². The number of nitrogens with zero attached hydrogens (tertiary/aromatic N) is 1. The van der Waals surface area contributed by atoms with Crippen molar-refractivity contribution in [2.75, 3.05) is 0 Å². The molecule has 1 aromatic carbocycles. The van der Waals surface area contributed by atoms with E-state index in [2.05, 4.69) is 32.9 Å². The van der Waals surface area contributed by atoms with Gasteiger partial charge in [0.1, 0.15) is 5.60 Å². The summed E-state index contributed by atoms with van der Waals surface area (Å²) in [5, 5.41) is 2.39. The highest BCUT2D eigenvalue weighted by atomic mass is 127. The topological polar surface area (TPSA) is 76.7 Å². The standard InChI is InChI=1S/C13H18IN3O2/c1-13(2,3)19-12(18)17-11(15)16-8-9-5-4-6-10(14)7-9/h4-7H,8H2,1-3H3,(H3,15,16,17,18). The fourth-order valence-electron chi connectivity index (χ4n) is 1.26. The first-order valence-electron chi connectivity index (χ1n) is 5.80. The lowest BCUT2D eigenvalue weighted by Gasteiger charge is -2.19. The number of halogens is 1. The first kappa shape index (κ1) is 15.7. The summed E-state index contributed by atoms with van der Waals surface area (Å²) >= 11 is 2.23. The van der Waals surface area contributed by atoms with E-state index in [1.165, 1.54) is 0 Å². The van der Waals surface area contributed by atoms with Gasteiger partial charge in [0.05, 0.1) is 6.54 Å². The van der Waals surface area contributed by atoms with E-state index in [0.29, 0.717) is 6.54 Å². The average molecular weight is 375 g/mol. The molecule has 0 aliphatic carbocycles. The van der Waals surface area contributed by atoms with Crippen LogP contribution in [0.15, 0.2) is 29.3 Å². The van der Waals surface area contributed by atoms with Gasteiger partial charge in [-0.25, -0.2) is 9.79 Å². The molecule has 0 fully saturated rings. The number of amides is 1. The minimum absolute atomic E-state index is 0.0492. The Bertz CT molecular complexity index is 481. The number of nitrogens with two attached hydrogens (primary N) is 1. The number of carbonyl (C=O) groups excluding carboxylic acids is 1. The fourth-order valence-corrected chi connectivity index (χ4v) is 1.87. The highest BCUT2D eigenvalue weighted by Crippen LogP contribution is 2.09. The van der Waals surface area contributed by atoms with Gasteiger partial charge in [0, 0.05) is 3.57 Å². The summed E-state index contributed by atoms with van der Waals surface area (Å²) in [7, 11) is 0. The quantitative estimate of drug-likeness (QED) is 0.474. The third-order valence-corrected chi connectivity index (χ3v) is 2.62. The molecule has 0 spiro atoms. The Morgan fingerprint density at radius 3 is 2.74 bits per heavy atom. The van der Waals surface area contributed by atoms with Gasteiger partial charge in [-0.1, -0.05) is 12.1 Å². The van der Waals surface area contributed by atoms with Gasteiger partial charge >= 0.3 is 6.09 Å². The van der Waals surface area contributed by atoms with Crippen molar-refractivity contribution in [1.29, 1.82) is 0 Å². The first-order valence-corrected chi connectivity index (χ1v) is 6.88. The molecule has 0 heterocycles. The molecular weight excluding hydrogens is 357 g/mol. The lowest BCUT2D eigenvalue weighted by Crippen LogP contribution is -2.40. The molecule has 0 unspecified atom stereocenters. The van der Waals surface area contributed by atoms with Gasteiger partial charge in [0.15, 0.2) is 5.96 Å². The molecule has 0 bridgehead atoms. The van der Waals surface area contributed by atoms with Crippen LogP contribution in [-0.2, 0) is 11.3 Å². The number of alkyl carbamates (subject to hydrolysis) is 1. The van der Waals surface area contributed by atoms with Gasteiger partial charge in [-0.15, -0.1) is 0 Å². The van der Waals surface area contributed by atoms with Crippen molar-refractivity contribution in [1.82, 2.24) is 5.32 Å². The number of carbonyl (C=O) groups is 1. The summed E-state index contributed by atoms with van der Waals surface area (Å²) in [5.74, 6) is 0.0492. The monoisotopic (exact) mass is 375 g/mol. The van der Waals surface area contributed by atoms with Crippen molar-refractivity contribution in [3.63, 3.8) is 0 Å². The molecule has 1 rings (SSSR count). The molecular formula is C13H18IN3O2. The van der Waals surface area contributed by atoms with Crippen LogP contribution in [-0.4, -0.2) is 17.7 Å². The summed E-state index contributed by atoms with van der Waals surface area (Å²) in [6.45, 7) is 5.77. The summed E-state index contributed by atoms with van der Waals surface area (Å²) in [4.78, 5) is 15.5. The molecule has 5 nitrogen and oxygen atoms in total. The number of ether oxygens (including phenoxy) is 1. The second-order valence-corrected chi connectivity index (χ2v) is 6.20. The Morgan fingerprint density at radius 2 is 2.16 bits per heavy atom. The van der Waals surface area contributed by atoms with E-state index in [9.17, 15) is 4.79 Å². The zero-order valence-electron chi connectivity index (χ0n) is 11.2. The van der Waals surface area contributed by atoms with Crippen LogP contribution in [0.25, 0.3) is 0 Å². The molecule has 6 heteroatoms. The summed E-state index contributed by atoms with van der Waals surface area (Å²) in [5.41, 5.74) is 6.09. The van der Waals surface area contributed by atoms with Gasteiger partial charge < -0.3 is 10.5 Å². The zero-order valence-corrected chi connectivity index (χ0v) is 13.4. The minimum atomic E-state index is -0.601. The summed E-state index contributed by atoms with van der Waals surface area (Å²) in [6, 6.07) is 7.90. The van der Waals surface area contributed by atoms with Gasteiger partial charge in [-0.05, 0) is 61.1 Å². The number of hydrogen-bond donors (Lipinski definition) is 2. The van der Waals surface area contributed by atoms with Crippen LogP contribution in [0.5, 0.6) is 0 Å². The lowest BCUT2D eigenvalue weighted by atomic mass is 10.2. The Balaban J connectivity index is 2.52. The zero-order chi connectivity index (χ0) is 14.5. The summed E-state index contributed by atoms with van der Waals surface area (Å²) < 4.78 is 6.20. The number of rotatable bonds is 2. The third kappa shape index (κ3) is 7.00. The maximum Gasteiger partial charge on any atom is 0.414 e. The van der Waals surface area contributed by atoms with Crippen LogP contribution < -0.4 is 11.1 Å². The molecule has 0 atom stereocenters. The number of hydrogen-bond acceptors (Lipinski definition) is 3. The first-order chi connectivity index (χ1) is 8.76. The SMILES string of the molecule is CC(C)(C)OC(=O)NC(N)=NCc1cccc(I)c1. The average Bonchev–Trinajstić information content (AvgIpc) is 2.23. The molecule has 1 aromatic rings. The number of benzene rings is 1. The van der Waals surface area contributed by atoms with Crippen LogP contribution >= 0.6 is 22.6 Å². The van der Waals surface area contributed by atoms with Gasteiger partial charge in [0.25, 0.3) is 0 Å². The molecule has 19 heavy (non-hydrogen) atoms. The third-order valence-electron chi connectivity index (χ3n) is 1.95. The van der Waals surface area contributed by atoms with Gasteiger partial charge in [0.2, 0.25) is 0 Å². The molecule has 0 aromatic heterocycles. The Morgan fingerprint density at radius 1 is 1.47 bits per heavy atom. The van der Waals surface area contributed by atoms with Crippen LogP contribution in [0, 0.1) is 3.57 Å². The minimum Gasteiger partial charge on any atom is -0.444 e. The Hall–Kier alpha value is -1.31. The molecule has 0 aliphatic rings. The Kier molecular flexibility index (Phi) is 5.59. The van der Waals surface area contributed by atoms with Crippen molar-refractivity contribution in [3.8, 4) is 0 Å². The van der Waals surface area contributed by atoms with E-state index in [0.717, 1.165) is 9.13 Å². The molecule has 3 N–H and O–H groups in total. The van der Waals surface area contributed by atoms with Crippen molar-refractivity contribution < 1.29 is 9.53 Å². The normalized spacial score (nSPS) is 12.1. The van der Waals surface area contributed by atoms with Crippen LogP contribution in [0.2, 0.25) is 0 Å². The highest BCUT2D eigenvalue weighted by molar-refractivity contribution is 14.1. The van der Waals surface area contributed by atoms with Crippen molar-refractivity contribution in [3.05, 3.63) is 33.4 Å². The molecule has 0 saturated heterocycles. The fraction of sp³-hybridized carbons (Fsp3) is 0.385. The van der Waals surface area contributed by atoms with Crippen LogP contribution in [0.3, 0.4) is 0 Å². The smallest absolute Gasteiger partial charge is 0.414 e. The second kappa shape index (κ2) is 6.74. The highest BCUT2D eigenvalue weighted by Gasteiger charge is 2.16. The molecule has 1 amide bonds. The Labute approximate surface area is 126 Å². The maximum absolute atomic E-state index is 11.4. The lowest BCUT2D eigenvalue weighted by molar-refractivity contribution is 0.0562. The number of guanidine groups is 1. The maximum atomic E-state index is 11.4. The van der Waals surface area contributed by atoms with Gasteiger partial charge in [-0.3, -0.25) is 5.32 Å². The van der Waals surface area contributed by atoms with E-state index < -0.39 is 11.7 Å². The van der Waals surface area contributed by atoms with E-state index in [4.69, 9.17) is 10.5 Å². The molecule has 104 valence electrons. The van der Waals surface area contributed by atoms with Gasteiger partial charge in [-0.2, -0.15) is 0 Å². The van der Waals surface area contributed by atoms with Crippen LogP contribution in [0.1, 0.15) is 26.3 Å². The van der Waals surface area contributed by atoms with E-state index in [-0.39, 0.29) is 5.96 Å². The predicted molar refractivity (Wildman–Crippen MR) is 83.9 cm³/mol. The van der Waals surface area contributed by atoms with E-state index in [1.807, 2.05) is 24.3 Å². The van der Waals surface area contributed by atoms with E-state index >= 15 is 0 Å². The largest absolute Gasteiger partial charge is 0.444 e. The molecule has 0 radical (unpaired) electrons. The van der Waals surface area contributed by atoms with Crippen LogP contribution in [0.4, 0.5) is 4.79 Å². The molecule has 0 saturated carbocycles. The number of nitrogens with one attached hydrogen (secondary N) is 1. The van der Waals surface area contributed by atoms with Crippen molar-refractivity contribution in [2.24, 2.45) is 10.7 Å².